The summed E-state index contributed by atoms with van der Waals surface area (Å²) in [5, 5.41) is 8.33. The normalized spacial score (nSPS) is 12.1. The van der Waals surface area contributed by atoms with Gasteiger partial charge in [0.1, 0.15) is 0 Å². The Morgan fingerprint density at radius 1 is 1.88 bits per heavy atom. The Hall–Kier alpha value is 0.120. The highest BCUT2D eigenvalue weighted by atomic mass is 79.9. The zero-order valence-electron chi connectivity index (χ0n) is 3.90. The molecule has 8 heavy (non-hydrogen) atoms. The van der Waals surface area contributed by atoms with Crippen molar-refractivity contribution in [2.45, 2.75) is 4.83 Å². The third kappa shape index (κ3) is 2.43. The van der Waals surface area contributed by atoms with Crippen LogP contribution in [-0.4, -0.2) is 15.9 Å². The van der Waals surface area contributed by atoms with Crippen molar-refractivity contribution in [3.63, 3.8) is 0 Å². The van der Waals surface area contributed by atoms with Crippen LogP contribution in [0.3, 0.4) is 0 Å². The van der Waals surface area contributed by atoms with Crippen molar-refractivity contribution in [2.24, 2.45) is 0 Å². The first-order valence-electron chi connectivity index (χ1n) is 1.84. The van der Waals surface area contributed by atoms with Crippen LogP contribution in [0.25, 0.3) is 0 Å². The number of carbonyl (C=O) groups excluding carboxylic acids is 1. The largest absolute Gasteiger partial charge is 0.296 e. The zero-order valence-corrected chi connectivity index (χ0v) is 7.07. The molecule has 0 aromatic heterocycles. The molecule has 0 aliphatic rings. The molecule has 0 radical (unpaired) electrons. The number of carbonyl (C=O) groups is 1. The Balaban J connectivity index is 3.68. The lowest BCUT2D eigenvalue weighted by Gasteiger charge is -1.90. The van der Waals surface area contributed by atoms with Crippen LogP contribution in [0.5, 0.6) is 0 Å². The molecule has 0 rings (SSSR count). The van der Waals surface area contributed by atoms with Gasteiger partial charge in [0.15, 0.2) is 10.6 Å². The Labute approximate surface area is 64.1 Å². The van der Waals surface area contributed by atoms with Crippen LogP contribution in [0.1, 0.15) is 0 Å². The summed E-state index contributed by atoms with van der Waals surface area (Å²) in [6, 6.07) is 1.75. The molecule has 4 heteroatoms. The van der Waals surface area contributed by atoms with E-state index in [1.165, 1.54) is 0 Å². The monoisotopic (exact) mass is 239 g/mol. The van der Waals surface area contributed by atoms with E-state index in [1.54, 1.807) is 6.07 Å². The molecule has 1 unspecified atom stereocenters. The highest BCUT2D eigenvalue weighted by Gasteiger charge is 2.10. The SMILES string of the molecule is N#CC(Br)C(=O)CBr. The predicted octanol–water partition coefficient (Wildman–Crippen LogP) is 1.24. The molecule has 0 spiro atoms. The molecule has 0 aliphatic carbocycles. The number of hydrogen-bond acceptors (Lipinski definition) is 2. The first-order valence-corrected chi connectivity index (χ1v) is 3.88. The van der Waals surface area contributed by atoms with Crippen LogP contribution in [0.2, 0.25) is 0 Å². The molecule has 0 amide bonds. The lowest BCUT2D eigenvalue weighted by atomic mass is 10.3. The van der Waals surface area contributed by atoms with Gasteiger partial charge in [-0.15, -0.1) is 0 Å². The molecule has 0 aliphatic heterocycles. The van der Waals surface area contributed by atoms with E-state index < -0.39 is 4.83 Å². The van der Waals surface area contributed by atoms with Crippen molar-refractivity contribution in [1.82, 2.24) is 0 Å². The molecule has 0 aromatic carbocycles. The number of nitrogens with zero attached hydrogens (tertiary/aromatic N) is 1. The third-order valence-electron chi connectivity index (χ3n) is 0.528. The summed E-state index contributed by atoms with van der Waals surface area (Å²) in [4.78, 5) is 9.78. The molecular weight excluding hydrogens is 238 g/mol. The van der Waals surface area contributed by atoms with Crippen molar-refractivity contribution < 1.29 is 4.79 Å². The summed E-state index contributed by atoms with van der Waals surface area (Å²) in [6.07, 6.45) is 0. The number of rotatable bonds is 2. The van der Waals surface area contributed by atoms with Crippen molar-refractivity contribution in [3.05, 3.63) is 0 Å². The van der Waals surface area contributed by atoms with E-state index >= 15 is 0 Å². The maximum absolute atomic E-state index is 10.4. The van der Waals surface area contributed by atoms with Gasteiger partial charge in [0.25, 0.3) is 0 Å². The van der Waals surface area contributed by atoms with Gasteiger partial charge in [-0.3, -0.25) is 4.79 Å². The Morgan fingerprint density at radius 3 is 2.50 bits per heavy atom. The van der Waals surface area contributed by atoms with E-state index in [4.69, 9.17) is 5.26 Å². The zero-order chi connectivity index (χ0) is 6.57. The topological polar surface area (TPSA) is 40.9 Å². The van der Waals surface area contributed by atoms with Gasteiger partial charge < -0.3 is 0 Å². The summed E-state index contributed by atoms with van der Waals surface area (Å²) in [6.45, 7) is 0. The average molecular weight is 241 g/mol. The standard InChI is InChI=1S/C4H3Br2NO/c5-1-4(8)3(6)2-7/h3H,1H2. The van der Waals surface area contributed by atoms with E-state index in [-0.39, 0.29) is 11.1 Å². The summed E-state index contributed by atoms with van der Waals surface area (Å²) in [5.74, 6) is -0.146. The number of hydrogen-bond donors (Lipinski definition) is 0. The van der Waals surface area contributed by atoms with Crippen molar-refractivity contribution in [2.75, 3.05) is 5.33 Å². The second-order valence-corrected chi connectivity index (χ2v) is 2.57. The van der Waals surface area contributed by atoms with Crippen molar-refractivity contribution in [3.8, 4) is 6.07 Å². The molecule has 44 valence electrons. The number of alkyl halides is 2. The second kappa shape index (κ2) is 4.04. The highest BCUT2D eigenvalue weighted by Crippen LogP contribution is 2.00. The smallest absolute Gasteiger partial charge is 0.171 e. The molecular formula is C4H3Br2NO. The molecule has 0 N–H and O–H groups in total. The van der Waals surface area contributed by atoms with Gasteiger partial charge in [-0.05, 0) is 0 Å². The molecule has 0 bridgehead atoms. The van der Waals surface area contributed by atoms with Gasteiger partial charge >= 0.3 is 0 Å². The minimum atomic E-state index is -0.651. The van der Waals surface area contributed by atoms with E-state index in [9.17, 15) is 4.79 Å². The maximum atomic E-state index is 10.4. The fraction of sp³-hybridized carbons (Fsp3) is 0.500. The molecule has 0 heterocycles. The van der Waals surface area contributed by atoms with Gasteiger partial charge in [-0.25, -0.2) is 0 Å². The Kier molecular flexibility index (Phi) is 4.11. The van der Waals surface area contributed by atoms with E-state index in [0.717, 1.165) is 0 Å². The molecule has 0 saturated carbocycles. The molecule has 2 nitrogen and oxygen atoms in total. The van der Waals surface area contributed by atoms with E-state index in [2.05, 4.69) is 31.9 Å². The lowest BCUT2D eigenvalue weighted by Crippen LogP contribution is -2.11. The average Bonchev–Trinajstić information content (AvgIpc) is 1.84. The minimum absolute atomic E-state index is 0.146. The second-order valence-electron chi connectivity index (χ2n) is 1.09. The van der Waals surface area contributed by atoms with Crippen LogP contribution >= 0.6 is 31.9 Å². The van der Waals surface area contributed by atoms with Crippen LogP contribution in [0.15, 0.2) is 0 Å². The fourth-order valence-corrected chi connectivity index (χ4v) is 1.06. The molecule has 0 fully saturated rings. The van der Waals surface area contributed by atoms with Gasteiger partial charge in [0.2, 0.25) is 0 Å². The van der Waals surface area contributed by atoms with E-state index in [1.807, 2.05) is 0 Å². The molecule has 1 atom stereocenters. The summed E-state index contributed by atoms with van der Waals surface area (Å²) in [5.41, 5.74) is 0. The maximum Gasteiger partial charge on any atom is 0.171 e. The van der Waals surface area contributed by atoms with Crippen LogP contribution in [0.4, 0.5) is 0 Å². The lowest BCUT2D eigenvalue weighted by molar-refractivity contribution is -0.115. The predicted molar refractivity (Wildman–Crippen MR) is 37.1 cm³/mol. The highest BCUT2D eigenvalue weighted by molar-refractivity contribution is 9.10. The van der Waals surface area contributed by atoms with Crippen LogP contribution < -0.4 is 0 Å². The Bertz CT molecular complexity index is 128. The van der Waals surface area contributed by atoms with Crippen LogP contribution in [0, 0.1) is 11.3 Å². The number of Topliss-reactive ketones (excluding diaryl/α,β-unsaturated/α-hetero) is 1. The first-order chi connectivity index (χ1) is 3.72. The summed E-state index contributed by atoms with van der Waals surface area (Å²) in [7, 11) is 0. The number of ketones is 1. The molecule has 0 aromatic rings. The summed E-state index contributed by atoms with van der Waals surface area (Å²) >= 11 is 5.79. The fourth-order valence-electron chi connectivity index (χ4n) is 0.140. The van der Waals surface area contributed by atoms with Gasteiger partial charge in [-0.2, -0.15) is 5.26 Å². The summed E-state index contributed by atoms with van der Waals surface area (Å²) < 4.78 is 0. The van der Waals surface area contributed by atoms with Gasteiger partial charge in [0.05, 0.1) is 11.4 Å². The Morgan fingerprint density at radius 2 is 2.38 bits per heavy atom. The van der Waals surface area contributed by atoms with Crippen LogP contribution in [-0.2, 0) is 4.79 Å². The number of nitriles is 1. The van der Waals surface area contributed by atoms with Gasteiger partial charge in [0, 0.05) is 0 Å². The minimum Gasteiger partial charge on any atom is -0.296 e. The van der Waals surface area contributed by atoms with Crippen molar-refractivity contribution >= 4 is 37.6 Å². The van der Waals surface area contributed by atoms with Crippen molar-refractivity contribution in [1.29, 1.82) is 5.26 Å². The van der Waals surface area contributed by atoms with Gasteiger partial charge in [-0.1, -0.05) is 31.9 Å². The quantitative estimate of drug-likeness (QED) is 0.682. The van der Waals surface area contributed by atoms with E-state index in [0.29, 0.717) is 0 Å². The first kappa shape index (κ1) is 8.12. The molecule has 0 saturated heterocycles. The third-order valence-corrected chi connectivity index (χ3v) is 1.80. The number of halogens is 2.